The van der Waals surface area contributed by atoms with Crippen LogP contribution in [0.15, 0.2) is 18.5 Å². The molecule has 2 aromatic heterocycles. The van der Waals surface area contributed by atoms with Gasteiger partial charge in [0, 0.05) is 18.4 Å². The van der Waals surface area contributed by atoms with Crippen molar-refractivity contribution in [2.24, 2.45) is 0 Å². The number of fused-ring (bicyclic) bond motifs is 1. The minimum Gasteiger partial charge on any atom is -0.476 e. The largest absolute Gasteiger partial charge is 0.476 e. The quantitative estimate of drug-likeness (QED) is 0.919. The van der Waals surface area contributed by atoms with Gasteiger partial charge in [0.2, 0.25) is 5.88 Å². The average Bonchev–Trinajstić information content (AvgIpc) is 2.94. The second-order valence-corrected chi connectivity index (χ2v) is 6.07. The molecule has 0 bridgehead atoms. The molecule has 21 heavy (non-hydrogen) atoms. The van der Waals surface area contributed by atoms with Gasteiger partial charge in [0.1, 0.15) is 5.52 Å². The normalized spacial score (nSPS) is 19.3. The van der Waals surface area contributed by atoms with Gasteiger partial charge in [-0.15, -0.1) is 0 Å². The first-order chi connectivity index (χ1) is 10.2. The van der Waals surface area contributed by atoms with E-state index in [9.17, 15) is 0 Å². The van der Waals surface area contributed by atoms with Crippen molar-refractivity contribution in [3.8, 4) is 5.88 Å². The van der Waals surface area contributed by atoms with Gasteiger partial charge in [-0.05, 0) is 37.8 Å². The Morgan fingerprint density at radius 3 is 3.10 bits per heavy atom. The van der Waals surface area contributed by atoms with Gasteiger partial charge in [0.15, 0.2) is 0 Å². The number of hydrogen-bond acceptors (Lipinski definition) is 4. The smallest absolute Gasteiger partial charge is 0.240 e. The summed E-state index contributed by atoms with van der Waals surface area (Å²) in [6.45, 7) is 6.13. The van der Waals surface area contributed by atoms with Crippen molar-refractivity contribution in [2.45, 2.75) is 51.5 Å². The Balaban J connectivity index is 1.65. The van der Waals surface area contributed by atoms with Crippen LogP contribution < -0.4 is 10.1 Å². The van der Waals surface area contributed by atoms with Gasteiger partial charge >= 0.3 is 0 Å². The topological polar surface area (TPSA) is 51.5 Å². The highest BCUT2D eigenvalue weighted by atomic mass is 16.5. The van der Waals surface area contributed by atoms with Crippen LogP contribution in [0.3, 0.4) is 0 Å². The van der Waals surface area contributed by atoms with Gasteiger partial charge in [0.05, 0.1) is 12.3 Å². The highest BCUT2D eigenvalue weighted by molar-refractivity contribution is 5.56. The van der Waals surface area contributed by atoms with Crippen molar-refractivity contribution in [3.05, 3.63) is 24.2 Å². The molecular formula is C16H24N4O. The zero-order valence-electron chi connectivity index (χ0n) is 12.9. The van der Waals surface area contributed by atoms with Gasteiger partial charge in [0.25, 0.3) is 0 Å². The fourth-order valence-corrected chi connectivity index (χ4v) is 2.78. The molecule has 1 saturated heterocycles. The van der Waals surface area contributed by atoms with E-state index in [4.69, 9.17) is 4.74 Å². The number of piperidine rings is 1. The first kappa shape index (κ1) is 14.3. The van der Waals surface area contributed by atoms with E-state index in [1.807, 2.05) is 10.7 Å². The lowest BCUT2D eigenvalue weighted by atomic mass is 10.0. The lowest BCUT2D eigenvalue weighted by Crippen LogP contribution is -2.35. The monoisotopic (exact) mass is 288 g/mol. The van der Waals surface area contributed by atoms with Crippen LogP contribution in [0, 0.1) is 0 Å². The third kappa shape index (κ3) is 3.35. The molecule has 1 aliphatic heterocycles. The molecular weight excluding hydrogens is 264 g/mol. The molecule has 1 aliphatic rings. The van der Waals surface area contributed by atoms with Crippen LogP contribution in [-0.4, -0.2) is 33.8 Å². The summed E-state index contributed by atoms with van der Waals surface area (Å²) < 4.78 is 7.76. The number of ether oxygens (including phenoxy) is 1. The first-order valence-electron chi connectivity index (χ1n) is 7.94. The van der Waals surface area contributed by atoms with Crippen molar-refractivity contribution in [1.82, 2.24) is 19.9 Å². The summed E-state index contributed by atoms with van der Waals surface area (Å²) in [7, 11) is 0. The van der Waals surface area contributed by atoms with Gasteiger partial charge in [-0.1, -0.05) is 20.3 Å². The molecule has 114 valence electrons. The maximum atomic E-state index is 5.90. The Bertz CT molecular complexity index is 587. The fraction of sp³-hybridized carbons (Fsp3) is 0.625. The second kappa shape index (κ2) is 6.43. The second-order valence-electron chi connectivity index (χ2n) is 6.07. The molecule has 0 spiro atoms. The maximum Gasteiger partial charge on any atom is 0.240 e. The van der Waals surface area contributed by atoms with Gasteiger partial charge < -0.3 is 10.1 Å². The predicted molar refractivity (Wildman–Crippen MR) is 82.8 cm³/mol. The fourth-order valence-electron chi connectivity index (χ4n) is 2.78. The van der Waals surface area contributed by atoms with Crippen molar-refractivity contribution < 1.29 is 4.74 Å². The van der Waals surface area contributed by atoms with E-state index in [0.29, 0.717) is 24.4 Å². The summed E-state index contributed by atoms with van der Waals surface area (Å²) in [4.78, 5) is 4.36. The van der Waals surface area contributed by atoms with Crippen LogP contribution in [0.4, 0.5) is 0 Å². The molecule has 3 heterocycles. The van der Waals surface area contributed by atoms with Crippen LogP contribution in [0.1, 0.15) is 51.1 Å². The number of aromatic nitrogens is 3. The molecule has 0 aromatic carbocycles. The van der Waals surface area contributed by atoms with Gasteiger partial charge in [-0.25, -0.2) is 9.50 Å². The Kier molecular flexibility index (Phi) is 4.39. The molecule has 2 aromatic rings. The number of hydrogen-bond donors (Lipinski definition) is 1. The zero-order chi connectivity index (χ0) is 14.7. The minimum absolute atomic E-state index is 0.407. The maximum absolute atomic E-state index is 5.90. The molecule has 1 fully saturated rings. The van der Waals surface area contributed by atoms with Crippen LogP contribution >= 0.6 is 0 Å². The number of nitrogens with one attached hydrogen (secondary N) is 1. The average molecular weight is 288 g/mol. The van der Waals surface area contributed by atoms with Crippen LogP contribution in [0.5, 0.6) is 5.88 Å². The molecule has 3 rings (SSSR count). The Labute approximate surface area is 125 Å². The first-order valence-corrected chi connectivity index (χ1v) is 7.94. The van der Waals surface area contributed by atoms with Gasteiger partial charge in [-0.2, -0.15) is 5.10 Å². The molecule has 1 atom stereocenters. The third-order valence-electron chi connectivity index (χ3n) is 4.08. The molecule has 1 unspecified atom stereocenters. The number of rotatable bonds is 5. The summed E-state index contributed by atoms with van der Waals surface area (Å²) in [6, 6.07) is 2.67. The van der Waals surface area contributed by atoms with Gasteiger partial charge in [-0.3, -0.25) is 0 Å². The van der Waals surface area contributed by atoms with Crippen molar-refractivity contribution >= 4 is 5.52 Å². The minimum atomic E-state index is 0.407. The third-order valence-corrected chi connectivity index (χ3v) is 4.08. The molecule has 5 heteroatoms. The molecule has 0 radical (unpaired) electrons. The van der Waals surface area contributed by atoms with E-state index in [-0.39, 0.29) is 0 Å². The Hall–Kier alpha value is -1.62. The highest BCUT2D eigenvalue weighted by Gasteiger charge is 2.14. The number of nitrogens with zero attached hydrogens (tertiary/aromatic N) is 3. The van der Waals surface area contributed by atoms with Crippen LogP contribution in [-0.2, 0) is 0 Å². The van der Waals surface area contributed by atoms with Crippen LogP contribution in [0.2, 0.25) is 0 Å². The molecule has 0 amide bonds. The van der Waals surface area contributed by atoms with Crippen molar-refractivity contribution in [1.29, 1.82) is 0 Å². The lowest BCUT2D eigenvalue weighted by Gasteiger charge is -2.23. The highest BCUT2D eigenvalue weighted by Crippen LogP contribution is 2.21. The van der Waals surface area contributed by atoms with E-state index in [1.165, 1.54) is 19.3 Å². The SMILES string of the molecule is CC(C)c1cc2c(OCCC3CCCCN3)nccn2n1. The molecule has 0 aliphatic carbocycles. The molecule has 5 nitrogen and oxygen atoms in total. The van der Waals surface area contributed by atoms with E-state index in [0.717, 1.165) is 24.2 Å². The van der Waals surface area contributed by atoms with E-state index in [1.54, 1.807) is 6.20 Å². The zero-order valence-corrected chi connectivity index (χ0v) is 12.9. The summed E-state index contributed by atoms with van der Waals surface area (Å²) in [5, 5.41) is 8.10. The summed E-state index contributed by atoms with van der Waals surface area (Å²) in [5.74, 6) is 1.09. The summed E-state index contributed by atoms with van der Waals surface area (Å²) in [5.41, 5.74) is 2.03. The van der Waals surface area contributed by atoms with Crippen LogP contribution in [0.25, 0.3) is 5.52 Å². The van der Waals surface area contributed by atoms with E-state index in [2.05, 4.69) is 35.3 Å². The Morgan fingerprint density at radius 2 is 2.33 bits per heavy atom. The van der Waals surface area contributed by atoms with E-state index < -0.39 is 0 Å². The summed E-state index contributed by atoms with van der Waals surface area (Å²) in [6.07, 6.45) is 8.53. The van der Waals surface area contributed by atoms with Crippen molar-refractivity contribution in [2.75, 3.05) is 13.2 Å². The van der Waals surface area contributed by atoms with Crippen molar-refractivity contribution in [3.63, 3.8) is 0 Å². The predicted octanol–water partition coefficient (Wildman–Crippen LogP) is 2.76. The van der Waals surface area contributed by atoms with E-state index >= 15 is 0 Å². The Morgan fingerprint density at radius 1 is 1.43 bits per heavy atom. The standard InChI is InChI=1S/C16H24N4O/c1-12(2)14-11-15-16(18-8-9-20(15)19-14)21-10-6-13-5-3-4-7-17-13/h8-9,11-13,17H,3-7,10H2,1-2H3. The summed E-state index contributed by atoms with van der Waals surface area (Å²) >= 11 is 0. The lowest BCUT2D eigenvalue weighted by molar-refractivity contribution is 0.262. The molecule has 0 saturated carbocycles. The molecule has 1 N–H and O–H groups in total.